The van der Waals surface area contributed by atoms with Gasteiger partial charge >= 0.3 is 6.03 Å². The number of nitrogens with zero attached hydrogens (tertiary/aromatic N) is 2. The molecule has 0 unspecified atom stereocenters. The molecule has 7 nitrogen and oxygen atoms in total. The normalized spacial score (nSPS) is 17.0. The SMILES string of the molecule is Cc1ccc(Cl)c(C)c1NC(=O)NCc1noc([C@@H]2CCCO2)n1. The van der Waals surface area contributed by atoms with Gasteiger partial charge < -0.3 is 19.9 Å². The highest BCUT2D eigenvalue weighted by Crippen LogP contribution is 2.27. The molecule has 1 aliphatic heterocycles. The van der Waals surface area contributed by atoms with Gasteiger partial charge in [0.25, 0.3) is 5.89 Å². The Bertz CT molecular complexity index is 741. The van der Waals surface area contributed by atoms with E-state index in [1.54, 1.807) is 6.07 Å². The van der Waals surface area contributed by atoms with Crippen molar-refractivity contribution in [3.63, 3.8) is 0 Å². The molecule has 0 radical (unpaired) electrons. The Hall–Kier alpha value is -2.12. The lowest BCUT2D eigenvalue weighted by Crippen LogP contribution is -2.29. The summed E-state index contributed by atoms with van der Waals surface area (Å²) in [6.45, 7) is 4.64. The van der Waals surface area contributed by atoms with E-state index in [1.165, 1.54) is 0 Å². The molecule has 128 valence electrons. The second kappa shape index (κ2) is 7.19. The van der Waals surface area contributed by atoms with Crippen molar-refractivity contribution >= 4 is 23.3 Å². The fourth-order valence-corrected chi connectivity index (χ4v) is 2.73. The van der Waals surface area contributed by atoms with Crippen molar-refractivity contribution < 1.29 is 14.1 Å². The van der Waals surface area contributed by atoms with E-state index in [1.807, 2.05) is 19.9 Å². The highest BCUT2D eigenvalue weighted by atomic mass is 35.5. The van der Waals surface area contributed by atoms with E-state index in [0.717, 1.165) is 24.0 Å². The Balaban J connectivity index is 1.57. The van der Waals surface area contributed by atoms with Crippen LogP contribution in [0.5, 0.6) is 0 Å². The molecule has 1 fully saturated rings. The van der Waals surface area contributed by atoms with Crippen molar-refractivity contribution in [1.29, 1.82) is 0 Å². The number of carbonyl (C=O) groups excluding carboxylic acids is 1. The summed E-state index contributed by atoms with van der Waals surface area (Å²) in [7, 11) is 0. The largest absolute Gasteiger partial charge is 0.368 e. The zero-order valence-corrected chi connectivity index (χ0v) is 14.3. The summed E-state index contributed by atoms with van der Waals surface area (Å²) in [5.74, 6) is 0.876. The smallest absolute Gasteiger partial charge is 0.319 e. The summed E-state index contributed by atoms with van der Waals surface area (Å²) >= 11 is 6.09. The van der Waals surface area contributed by atoms with Crippen LogP contribution in [0.3, 0.4) is 0 Å². The minimum atomic E-state index is -0.355. The van der Waals surface area contributed by atoms with Gasteiger partial charge in [0.15, 0.2) is 5.82 Å². The van der Waals surface area contributed by atoms with Gasteiger partial charge in [0.05, 0.1) is 6.54 Å². The molecule has 2 aromatic rings. The van der Waals surface area contributed by atoms with Gasteiger partial charge in [-0.05, 0) is 43.9 Å². The van der Waals surface area contributed by atoms with E-state index >= 15 is 0 Å². The van der Waals surface area contributed by atoms with Crippen LogP contribution in [0.15, 0.2) is 16.7 Å². The third-order valence-electron chi connectivity index (χ3n) is 3.94. The standard InChI is InChI=1S/C16H19ClN4O3/c1-9-5-6-11(17)10(2)14(9)20-16(22)18-8-13-19-15(24-21-13)12-4-3-7-23-12/h5-6,12H,3-4,7-8H2,1-2H3,(H2,18,20,22)/t12-/m0/s1. The maximum Gasteiger partial charge on any atom is 0.319 e. The highest BCUT2D eigenvalue weighted by Gasteiger charge is 2.23. The van der Waals surface area contributed by atoms with Crippen molar-refractivity contribution in [2.24, 2.45) is 0 Å². The number of nitrogens with one attached hydrogen (secondary N) is 2. The molecule has 2 N–H and O–H groups in total. The number of aromatic nitrogens is 2. The van der Waals surface area contributed by atoms with E-state index in [-0.39, 0.29) is 18.7 Å². The van der Waals surface area contributed by atoms with Gasteiger partial charge in [-0.15, -0.1) is 0 Å². The molecule has 1 saturated heterocycles. The fourth-order valence-electron chi connectivity index (χ4n) is 2.57. The van der Waals surface area contributed by atoms with Crippen molar-refractivity contribution in [2.75, 3.05) is 11.9 Å². The molecule has 1 atom stereocenters. The van der Waals surface area contributed by atoms with Crippen LogP contribution in [0.4, 0.5) is 10.5 Å². The molecular formula is C16H19ClN4O3. The number of ether oxygens (including phenoxy) is 1. The monoisotopic (exact) mass is 350 g/mol. The average molecular weight is 351 g/mol. The summed E-state index contributed by atoms with van der Waals surface area (Å²) in [6.07, 6.45) is 1.74. The molecule has 0 saturated carbocycles. The zero-order chi connectivity index (χ0) is 17.1. The van der Waals surface area contributed by atoms with Crippen LogP contribution in [-0.2, 0) is 11.3 Å². The number of urea groups is 1. The molecule has 0 spiro atoms. The maximum absolute atomic E-state index is 12.1. The lowest BCUT2D eigenvalue weighted by Gasteiger charge is -2.13. The second-order valence-corrected chi connectivity index (χ2v) is 6.13. The van der Waals surface area contributed by atoms with Gasteiger partial charge in [-0.1, -0.05) is 22.8 Å². The molecular weight excluding hydrogens is 332 g/mol. The van der Waals surface area contributed by atoms with Crippen molar-refractivity contribution in [3.05, 3.63) is 40.0 Å². The predicted molar refractivity (Wildman–Crippen MR) is 89.0 cm³/mol. The molecule has 0 bridgehead atoms. The Morgan fingerprint density at radius 3 is 3.00 bits per heavy atom. The zero-order valence-electron chi connectivity index (χ0n) is 13.6. The number of aryl methyl sites for hydroxylation is 1. The molecule has 0 aliphatic carbocycles. The van der Waals surface area contributed by atoms with Crippen molar-refractivity contribution in [2.45, 2.75) is 39.3 Å². The number of rotatable bonds is 4. The van der Waals surface area contributed by atoms with Gasteiger partial charge in [0, 0.05) is 17.3 Å². The van der Waals surface area contributed by atoms with Crippen molar-refractivity contribution in [1.82, 2.24) is 15.5 Å². The number of hydrogen-bond donors (Lipinski definition) is 2. The minimum absolute atomic E-state index is 0.128. The van der Waals surface area contributed by atoms with Crippen LogP contribution >= 0.6 is 11.6 Å². The molecule has 1 aromatic carbocycles. The number of hydrogen-bond acceptors (Lipinski definition) is 5. The third-order valence-corrected chi connectivity index (χ3v) is 4.35. The molecule has 2 heterocycles. The van der Waals surface area contributed by atoms with Gasteiger partial charge in [-0.3, -0.25) is 0 Å². The Morgan fingerprint density at radius 2 is 2.25 bits per heavy atom. The highest BCUT2D eigenvalue weighted by molar-refractivity contribution is 6.31. The number of halogens is 1. The van der Waals surface area contributed by atoms with E-state index in [2.05, 4.69) is 20.8 Å². The first-order valence-corrected chi connectivity index (χ1v) is 8.17. The van der Waals surface area contributed by atoms with Gasteiger partial charge in [0.2, 0.25) is 0 Å². The Kier molecular flexibility index (Phi) is 5.01. The van der Waals surface area contributed by atoms with Crippen molar-refractivity contribution in [3.8, 4) is 0 Å². The summed E-state index contributed by atoms with van der Waals surface area (Å²) in [5.41, 5.74) is 2.47. The number of benzene rings is 1. The first kappa shape index (κ1) is 16.7. The molecule has 3 rings (SSSR count). The van der Waals surface area contributed by atoms with E-state index < -0.39 is 0 Å². The molecule has 1 aromatic heterocycles. The minimum Gasteiger partial charge on any atom is -0.368 e. The van der Waals surface area contributed by atoms with E-state index in [0.29, 0.717) is 29.0 Å². The predicted octanol–water partition coefficient (Wildman–Crippen LogP) is 3.51. The van der Waals surface area contributed by atoms with Crippen LogP contribution in [0.25, 0.3) is 0 Å². The summed E-state index contributed by atoms with van der Waals surface area (Å²) in [5, 5.41) is 9.98. The van der Waals surface area contributed by atoms with E-state index in [9.17, 15) is 4.79 Å². The quantitative estimate of drug-likeness (QED) is 0.880. The van der Waals surface area contributed by atoms with Crippen LogP contribution < -0.4 is 10.6 Å². The summed E-state index contributed by atoms with van der Waals surface area (Å²) in [6, 6.07) is 3.31. The lowest BCUT2D eigenvalue weighted by atomic mass is 10.1. The maximum atomic E-state index is 12.1. The van der Waals surface area contributed by atoms with Gasteiger partial charge in [0.1, 0.15) is 6.10 Å². The van der Waals surface area contributed by atoms with Crippen LogP contribution in [-0.4, -0.2) is 22.8 Å². The number of carbonyl (C=O) groups is 1. The number of amides is 2. The summed E-state index contributed by atoms with van der Waals surface area (Å²) in [4.78, 5) is 16.3. The van der Waals surface area contributed by atoms with Gasteiger partial charge in [-0.25, -0.2) is 4.79 Å². The molecule has 2 amide bonds. The average Bonchev–Trinajstić information content (AvgIpc) is 3.24. The number of anilines is 1. The molecule has 24 heavy (non-hydrogen) atoms. The Labute approximate surface area is 144 Å². The molecule has 8 heteroatoms. The lowest BCUT2D eigenvalue weighted by molar-refractivity contribution is 0.0835. The van der Waals surface area contributed by atoms with Gasteiger partial charge in [-0.2, -0.15) is 4.98 Å². The van der Waals surface area contributed by atoms with Crippen LogP contribution in [0.2, 0.25) is 5.02 Å². The third kappa shape index (κ3) is 3.68. The summed E-state index contributed by atoms with van der Waals surface area (Å²) < 4.78 is 10.7. The van der Waals surface area contributed by atoms with E-state index in [4.69, 9.17) is 20.9 Å². The second-order valence-electron chi connectivity index (χ2n) is 5.72. The Morgan fingerprint density at radius 1 is 1.42 bits per heavy atom. The van der Waals surface area contributed by atoms with Crippen LogP contribution in [0, 0.1) is 13.8 Å². The van der Waals surface area contributed by atoms with Crippen LogP contribution in [0.1, 0.15) is 41.8 Å². The first-order valence-electron chi connectivity index (χ1n) is 7.79. The topological polar surface area (TPSA) is 89.3 Å². The first-order chi connectivity index (χ1) is 11.5. The molecule has 1 aliphatic rings. The fraction of sp³-hybridized carbons (Fsp3) is 0.438.